The number of hydrogen-bond acceptors (Lipinski definition) is 5. The molecule has 0 aliphatic heterocycles. The quantitative estimate of drug-likeness (QED) is 0.422. The van der Waals surface area contributed by atoms with Crippen LogP contribution in [0.25, 0.3) is 16.3 Å². The van der Waals surface area contributed by atoms with Crippen LogP contribution in [-0.4, -0.2) is 15.8 Å². The summed E-state index contributed by atoms with van der Waals surface area (Å²) in [5.74, 6) is -0.349. The van der Waals surface area contributed by atoms with Gasteiger partial charge in [0.2, 0.25) is 5.91 Å². The van der Waals surface area contributed by atoms with E-state index < -0.39 is 4.92 Å². The first-order valence-electron chi connectivity index (χ1n) is 6.80. The third kappa shape index (κ3) is 3.42. The molecule has 1 N–H and O–H groups in total. The van der Waals surface area contributed by atoms with Crippen LogP contribution in [0.15, 0.2) is 48.0 Å². The number of thiazole rings is 1. The number of nitro groups is 1. The summed E-state index contributed by atoms with van der Waals surface area (Å²) in [6, 6.07) is 9.42. The van der Waals surface area contributed by atoms with Crippen LogP contribution in [-0.2, 0) is 4.79 Å². The predicted octanol–water partition coefficient (Wildman–Crippen LogP) is 4.51. The van der Waals surface area contributed by atoms with E-state index in [4.69, 9.17) is 11.6 Å². The van der Waals surface area contributed by atoms with Crippen molar-refractivity contribution in [3.05, 3.63) is 68.7 Å². The molecule has 3 aromatic rings. The molecular formula is C16H10ClN3O3S. The SMILES string of the molecule is O=C(/C=C/c1cccc([N+](=O)[O-])c1)Nc1ccc(Cl)c2ncsc12. The van der Waals surface area contributed by atoms with Gasteiger partial charge in [0, 0.05) is 18.2 Å². The van der Waals surface area contributed by atoms with Crippen molar-refractivity contribution in [3.8, 4) is 0 Å². The van der Waals surface area contributed by atoms with Crippen molar-refractivity contribution in [2.24, 2.45) is 0 Å². The summed E-state index contributed by atoms with van der Waals surface area (Å²) in [4.78, 5) is 26.5. The minimum atomic E-state index is -0.481. The lowest BCUT2D eigenvalue weighted by atomic mass is 10.2. The van der Waals surface area contributed by atoms with Gasteiger partial charge in [-0.2, -0.15) is 0 Å². The van der Waals surface area contributed by atoms with Crippen molar-refractivity contribution < 1.29 is 9.72 Å². The van der Waals surface area contributed by atoms with Crippen LogP contribution in [0.3, 0.4) is 0 Å². The number of amides is 1. The van der Waals surface area contributed by atoms with Gasteiger partial charge in [0.1, 0.15) is 5.52 Å². The maximum atomic E-state index is 12.1. The molecule has 3 rings (SSSR count). The van der Waals surface area contributed by atoms with E-state index in [1.165, 1.54) is 35.6 Å². The number of nitrogens with one attached hydrogen (secondary N) is 1. The lowest BCUT2D eigenvalue weighted by molar-refractivity contribution is -0.384. The zero-order chi connectivity index (χ0) is 17.1. The fourth-order valence-electron chi connectivity index (χ4n) is 2.11. The Bertz CT molecular complexity index is 968. The monoisotopic (exact) mass is 359 g/mol. The number of aromatic nitrogens is 1. The largest absolute Gasteiger partial charge is 0.321 e. The number of carbonyl (C=O) groups is 1. The van der Waals surface area contributed by atoms with Crippen molar-refractivity contribution in [3.63, 3.8) is 0 Å². The van der Waals surface area contributed by atoms with E-state index in [1.54, 1.807) is 29.8 Å². The fraction of sp³-hybridized carbons (Fsp3) is 0. The Balaban J connectivity index is 1.78. The molecule has 8 heteroatoms. The number of rotatable bonds is 4. The van der Waals surface area contributed by atoms with Gasteiger partial charge in [0.15, 0.2) is 0 Å². The van der Waals surface area contributed by atoms with Crippen LogP contribution in [0.2, 0.25) is 5.02 Å². The number of nitro benzene ring substituents is 1. The lowest BCUT2D eigenvalue weighted by Gasteiger charge is -2.04. The maximum absolute atomic E-state index is 12.1. The van der Waals surface area contributed by atoms with E-state index in [0.717, 1.165) is 4.70 Å². The molecule has 24 heavy (non-hydrogen) atoms. The minimum absolute atomic E-state index is 0.0263. The number of non-ortho nitro benzene ring substituents is 1. The summed E-state index contributed by atoms with van der Waals surface area (Å²) in [5, 5.41) is 14.0. The normalized spacial score (nSPS) is 11.0. The third-order valence-corrected chi connectivity index (χ3v) is 4.37. The molecular weight excluding hydrogens is 350 g/mol. The Labute approximate surface area is 145 Å². The number of fused-ring (bicyclic) bond motifs is 1. The Morgan fingerprint density at radius 3 is 2.96 bits per heavy atom. The van der Waals surface area contributed by atoms with E-state index in [0.29, 0.717) is 21.8 Å². The highest BCUT2D eigenvalue weighted by Gasteiger charge is 2.09. The minimum Gasteiger partial charge on any atom is -0.321 e. The van der Waals surface area contributed by atoms with E-state index >= 15 is 0 Å². The van der Waals surface area contributed by atoms with Gasteiger partial charge in [-0.25, -0.2) is 4.98 Å². The van der Waals surface area contributed by atoms with Crippen LogP contribution < -0.4 is 5.32 Å². The van der Waals surface area contributed by atoms with E-state index in [-0.39, 0.29) is 11.6 Å². The second kappa shape index (κ2) is 6.77. The molecule has 6 nitrogen and oxygen atoms in total. The molecule has 0 saturated carbocycles. The van der Waals surface area contributed by atoms with Gasteiger partial charge >= 0.3 is 0 Å². The van der Waals surface area contributed by atoms with Gasteiger partial charge in [0.05, 0.1) is 25.8 Å². The molecule has 2 aromatic carbocycles. The number of nitrogens with zero attached hydrogens (tertiary/aromatic N) is 2. The second-order valence-corrected chi connectivity index (χ2v) is 6.06. The maximum Gasteiger partial charge on any atom is 0.270 e. The van der Waals surface area contributed by atoms with E-state index in [9.17, 15) is 14.9 Å². The zero-order valence-electron chi connectivity index (χ0n) is 12.1. The highest BCUT2D eigenvalue weighted by atomic mass is 35.5. The molecule has 0 saturated heterocycles. The van der Waals surface area contributed by atoms with Gasteiger partial charge in [-0.1, -0.05) is 23.7 Å². The highest BCUT2D eigenvalue weighted by molar-refractivity contribution is 7.17. The first-order valence-corrected chi connectivity index (χ1v) is 8.05. The Hall–Kier alpha value is -2.77. The molecule has 0 unspecified atom stereocenters. The van der Waals surface area contributed by atoms with Crippen molar-refractivity contribution in [1.82, 2.24) is 4.98 Å². The lowest BCUT2D eigenvalue weighted by Crippen LogP contribution is -2.07. The van der Waals surface area contributed by atoms with Crippen LogP contribution in [0.5, 0.6) is 0 Å². The first kappa shape index (κ1) is 16.1. The van der Waals surface area contributed by atoms with Crippen LogP contribution >= 0.6 is 22.9 Å². The Morgan fingerprint density at radius 1 is 1.33 bits per heavy atom. The molecule has 1 aromatic heterocycles. The zero-order valence-corrected chi connectivity index (χ0v) is 13.7. The van der Waals surface area contributed by atoms with E-state index in [2.05, 4.69) is 10.3 Å². The predicted molar refractivity (Wildman–Crippen MR) is 95.4 cm³/mol. The number of anilines is 1. The molecule has 0 aliphatic rings. The summed E-state index contributed by atoms with van der Waals surface area (Å²) in [6.07, 6.45) is 2.84. The van der Waals surface area contributed by atoms with Gasteiger partial charge in [-0.15, -0.1) is 11.3 Å². The average molecular weight is 360 g/mol. The first-order chi connectivity index (χ1) is 11.5. The molecule has 0 fully saturated rings. The van der Waals surface area contributed by atoms with Crippen molar-refractivity contribution in [2.45, 2.75) is 0 Å². The molecule has 0 radical (unpaired) electrons. The van der Waals surface area contributed by atoms with E-state index in [1.807, 2.05) is 0 Å². The molecule has 0 aliphatic carbocycles. The molecule has 120 valence electrons. The van der Waals surface area contributed by atoms with Crippen molar-refractivity contribution in [2.75, 3.05) is 5.32 Å². The van der Waals surface area contributed by atoms with Gasteiger partial charge in [-0.05, 0) is 23.8 Å². The summed E-state index contributed by atoms with van der Waals surface area (Å²) < 4.78 is 0.791. The standard InChI is InChI=1S/C16H10ClN3O3S/c17-12-5-6-13(16-15(12)18-9-24-16)19-14(21)7-4-10-2-1-3-11(8-10)20(22)23/h1-9H,(H,19,21)/b7-4+. The molecule has 0 bridgehead atoms. The number of halogens is 1. The Kier molecular flexibility index (Phi) is 4.54. The number of carbonyl (C=O) groups excluding carboxylic acids is 1. The van der Waals surface area contributed by atoms with Crippen molar-refractivity contribution in [1.29, 1.82) is 0 Å². The van der Waals surface area contributed by atoms with Crippen LogP contribution in [0.4, 0.5) is 11.4 Å². The Morgan fingerprint density at radius 2 is 2.17 bits per heavy atom. The number of benzene rings is 2. The summed E-state index contributed by atoms with van der Waals surface area (Å²) in [5.41, 5.74) is 3.46. The van der Waals surface area contributed by atoms with Gasteiger partial charge in [0.25, 0.3) is 5.69 Å². The van der Waals surface area contributed by atoms with Crippen LogP contribution in [0.1, 0.15) is 5.56 Å². The average Bonchev–Trinajstić information content (AvgIpc) is 3.07. The van der Waals surface area contributed by atoms with Gasteiger partial charge in [-0.3, -0.25) is 14.9 Å². The summed E-state index contributed by atoms with van der Waals surface area (Å²) >= 11 is 7.43. The van der Waals surface area contributed by atoms with Crippen molar-refractivity contribution >= 4 is 56.5 Å². The third-order valence-electron chi connectivity index (χ3n) is 3.20. The molecule has 0 spiro atoms. The summed E-state index contributed by atoms with van der Waals surface area (Å²) in [6.45, 7) is 0. The smallest absolute Gasteiger partial charge is 0.270 e. The summed E-state index contributed by atoms with van der Waals surface area (Å²) in [7, 11) is 0. The topological polar surface area (TPSA) is 85.1 Å². The molecule has 0 atom stereocenters. The molecule has 1 heterocycles. The second-order valence-electron chi connectivity index (χ2n) is 4.80. The van der Waals surface area contributed by atoms with Gasteiger partial charge < -0.3 is 5.32 Å². The van der Waals surface area contributed by atoms with Crippen LogP contribution in [0, 0.1) is 10.1 Å². The number of hydrogen-bond donors (Lipinski definition) is 1. The molecule has 1 amide bonds. The highest BCUT2D eigenvalue weighted by Crippen LogP contribution is 2.32. The fourth-order valence-corrected chi connectivity index (χ4v) is 3.15.